The van der Waals surface area contributed by atoms with Crippen LogP contribution in [0.2, 0.25) is 0 Å². The average Bonchev–Trinajstić information content (AvgIpc) is 2.86. The van der Waals surface area contributed by atoms with Crippen LogP contribution in [0.15, 0.2) is 46.3 Å². The fourth-order valence-electron chi connectivity index (χ4n) is 4.25. The second-order valence-electron chi connectivity index (χ2n) is 8.22. The minimum absolute atomic E-state index is 0.00112. The molecular weight excluding hydrogens is 454 g/mol. The number of carbonyl (C=O) groups is 1. The lowest BCUT2D eigenvalue weighted by molar-refractivity contribution is -0.129. The molecule has 1 atom stereocenters. The molecule has 0 radical (unpaired) electrons. The molecule has 1 aliphatic rings. The molecule has 4 rings (SSSR count). The van der Waals surface area contributed by atoms with E-state index in [0.29, 0.717) is 47.3 Å². The first kappa shape index (κ1) is 24.1. The van der Waals surface area contributed by atoms with Gasteiger partial charge in [0.05, 0.1) is 43.5 Å². The Morgan fingerprint density at radius 3 is 2.53 bits per heavy atom. The number of fused-ring (bicyclic) bond motifs is 2. The second kappa shape index (κ2) is 10.5. The predicted molar refractivity (Wildman–Crippen MR) is 132 cm³/mol. The minimum atomic E-state index is -0.212. The molecule has 2 heterocycles. The number of nitrogens with zero attached hydrogens (tertiary/aromatic N) is 3. The van der Waals surface area contributed by atoms with Gasteiger partial charge in [0.2, 0.25) is 5.91 Å². The van der Waals surface area contributed by atoms with E-state index in [-0.39, 0.29) is 23.3 Å². The molecule has 3 aromatic rings. The summed E-state index contributed by atoms with van der Waals surface area (Å²) in [5, 5.41) is 1.07. The number of rotatable bonds is 8. The van der Waals surface area contributed by atoms with Crippen LogP contribution < -0.4 is 15.0 Å². The molecule has 0 saturated heterocycles. The third-order valence-corrected chi connectivity index (χ3v) is 6.96. The summed E-state index contributed by atoms with van der Waals surface area (Å²) >= 11 is 1.29. The van der Waals surface area contributed by atoms with Gasteiger partial charge in [0, 0.05) is 20.2 Å². The summed E-state index contributed by atoms with van der Waals surface area (Å²) in [7, 11) is 4.83. The van der Waals surface area contributed by atoms with Crippen LogP contribution in [-0.4, -0.2) is 60.6 Å². The molecule has 1 amide bonds. The Hall–Kier alpha value is -3.04. The van der Waals surface area contributed by atoms with Crippen LogP contribution in [0.3, 0.4) is 0 Å². The number of thioether (sulfide) groups is 1. The highest BCUT2D eigenvalue weighted by molar-refractivity contribution is 7.99. The summed E-state index contributed by atoms with van der Waals surface area (Å²) in [5.41, 5.74) is 2.71. The van der Waals surface area contributed by atoms with Crippen LogP contribution in [0, 0.1) is 0 Å². The van der Waals surface area contributed by atoms with E-state index in [0.717, 1.165) is 17.5 Å². The molecule has 180 valence electrons. The lowest BCUT2D eigenvalue weighted by atomic mass is 9.99. The lowest BCUT2D eigenvalue weighted by Crippen LogP contribution is -2.37. The first-order valence-corrected chi connectivity index (χ1v) is 12.1. The van der Waals surface area contributed by atoms with Crippen molar-refractivity contribution in [2.24, 2.45) is 0 Å². The normalized spacial score (nSPS) is 14.1. The SMILES string of the molecule is COC[C@H](C)n1c(SCC(=O)N2CCc3cc(OC)c(OC)cc3C2)nc2ccccc2c1=O. The summed E-state index contributed by atoms with van der Waals surface area (Å²) in [5.74, 6) is 1.54. The fraction of sp³-hybridized carbons (Fsp3) is 0.400. The van der Waals surface area contributed by atoms with E-state index in [1.54, 1.807) is 32.0 Å². The maximum atomic E-state index is 13.2. The minimum Gasteiger partial charge on any atom is -0.493 e. The number of carbonyl (C=O) groups excluding carboxylic acids is 1. The van der Waals surface area contributed by atoms with Crippen molar-refractivity contribution in [3.8, 4) is 11.5 Å². The van der Waals surface area contributed by atoms with Crippen molar-refractivity contribution in [1.29, 1.82) is 0 Å². The van der Waals surface area contributed by atoms with Crippen molar-refractivity contribution in [1.82, 2.24) is 14.5 Å². The van der Waals surface area contributed by atoms with Gasteiger partial charge in [-0.05, 0) is 48.7 Å². The molecule has 2 aromatic carbocycles. The number of ether oxygens (including phenoxy) is 3. The van der Waals surface area contributed by atoms with Crippen molar-refractivity contribution in [2.75, 3.05) is 40.2 Å². The molecule has 1 aliphatic heterocycles. The number of hydrogen-bond acceptors (Lipinski definition) is 7. The third kappa shape index (κ3) is 4.76. The van der Waals surface area contributed by atoms with Crippen LogP contribution in [0.25, 0.3) is 10.9 Å². The Labute approximate surface area is 202 Å². The molecule has 0 spiro atoms. The largest absolute Gasteiger partial charge is 0.493 e. The highest BCUT2D eigenvalue weighted by atomic mass is 32.2. The van der Waals surface area contributed by atoms with Crippen LogP contribution in [0.5, 0.6) is 11.5 Å². The zero-order chi connectivity index (χ0) is 24.2. The Bertz CT molecular complexity index is 1260. The van der Waals surface area contributed by atoms with Gasteiger partial charge >= 0.3 is 0 Å². The summed E-state index contributed by atoms with van der Waals surface area (Å²) in [6, 6.07) is 11.0. The van der Waals surface area contributed by atoms with Crippen molar-refractivity contribution in [3.05, 3.63) is 57.9 Å². The fourth-order valence-corrected chi connectivity index (χ4v) is 5.25. The molecule has 0 unspecified atom stereocenters. The van der Waals surface area contributed by atoms with E-state index in [1.807, 2.05) is 42.2 Å². The predicted octanol–water partition coefficient (Wildman–Crippen LogP) is 3.30. The van der Waals surface area contributed by atoms with E-state index in [2.05, 4.69) is 0 Å². The van der Waals surface area contributed by atoms with Gasteiger partial charge in [-0.25, -0.2) is 4.98 Å². The topological polar surface area (TPSA) is 82.9 Å². The Morgan fingerprint density at radius 1 is 1.12 bits per heavy atom. The molecule has 0 bridgehead atoms. The molecule has 1 aromatic heterocycles. The van der Waals surface area contributed by atoms with E-state index < -0.39 is 0 Å². The zero-order valence-electron chi connectivity index (χ0n) is 19.9. The van der Waals surface area contributed by atoms with Crippen molar-refractivity contribution >= 4 is 28.6 Å². The van der Waals surface area contributed by atoms with Gasteiger partial charge < -0.3 is 19.1 Å². The smallest absolute Gasteiger partial charge is 0.262 e. The number of benzene rings is 2. The molecule has 0 aliphatic carbocycles. The van der Waals surface area contributed by atoms with E-state index in [1.165, 1.54) is 11.8 Å². The maximum absolute atomic E-state index is 13.2. The van der Waals surface area contributed by atoms with E-state index in [4.69, 9.17) is 19.2 Å². The van der Waals surface area contributed by atoms with E-state index >= 15 is 0 Å². The molecule has 0 fully saturated rings. The maximum Gasteiger partial charge on any atom is 0.262 e. The van der Waals surface area contributed by atoms with Crippen molar-refractivity contribution in [2.45, 2.75) is 31.1 Å². The van der Waals surface area contributed by atoms with Crippen molar-refractivity contribution < 1.29 is 19.0 Å². The average molecular weight is 484 g/mol. The van der Waals surface area contributed by atoms with Crippen LogP contribution in [0.1, 0.15) is 24.1 Å². The summed E-state index contributed by atoms with van der Waals surface area (Å²) in [6.45, 7) is 3.42. The number of amides is 1. The van der Waals surface area contributed by atoms with E-state index in [9.17, 15) is 9.59 Å². The Kier molecular flexibility index (Phi) is 7.43. The first-order valence-electron chi connectivity index (χ1n) is 11.1. The Morgan fingerprint density at radius 2 is 1.82 bits per heavy atom. The summed E-state index contributed by atoms with van der Waals surface area (Å²) in [6.07, 6.45) is 0.746. The standard InChI is InChI=1S/C25H29N3O5S/c1-16(14-31-2)28-24(30)19-7-5-6-8-20(19)26-25(28)34-15-23(29)27-10-9-17-11-21(32-3)22(33-4)12-18(17)13-27/h5-8,11-12,16H,9-10,13-15H2,1-4H3/t16-/m0/s1. The summed E-state index contributed by atoms with van der Waals surface area (Å²) < 4.78 is 17.7. The van der Waals surface area contributed by atoms with Crippen LogP contribution in [-0.2, 0) is 22.5 Å². The number of hydrogen-bond donors (Lipinski definition) is 0. The highest BCUT2D eigenvalue weighted by Crippen LogP contribution is 2.33. The zero-order valence-corrected chi connectivity index (χ0v) is 20.7. The van der Waals surface area contributed by atoms with Crippen molar-refractivity contribution in [3.63, 3.8) is 0 Å². The van der Waals surface area contributed by atoms with Gasteiger partial charge in [-0.2, -0.15) is 0 Å². The number of methoxy groups -OCH3 is 3. The van der Waals surface area contributed by atoms with Gasteiger partial charge in [0.1, 0.15) is 0 Å². The van der Waals surface area contributed by atoms with Gasteiger partial charge in [-0.15, -0.1) is 0 Å². The highest BCUT2D eigenvalue weighted by Gasteiger charge is 2.24. The quantitative estimate of drug-likeness (QED) is 0.359. The second-order valence-corrected chi connectivity index (χ2v) is 9.16. The molecule has 8 nitrogen and oxygen atoms in total. The van der Waals surface area contributed by atoms with Crippen LogP contribution >= 0.6 is 11.8 Å². The van der Waals surface area contributed by atoms with Gasteiger partial charge in [0.25, 0.3) is 5.56 Å². The van der Waals surface area contributed by atoms with Crippen LogP contribution in [0.4, 0.5) is 0 Å². The molecule has 34 heavy (non-hydrogen) atoms. The molecule has 0 N–H and O–H groups in total. The summed E-state index contributed by atoms with van der Waals surface area (Å²) in [4.78, 5) is 32.9. The number of aromatic nitrogens is 2. The first-order chi connectivity index (χ1) is 16.5. The lowest BCUT2D eigenvalue weighted by Gasteiger charge is -2.29. The Balaban J connectivity index is 1.55. The van der Waals surface area contributed by atoms with Gasteiger partial charge in [-0.1, -0.05) is 23.9 Å². The molecule has 9 heteroatoms. The van der Waals surface area contributed by atoms with Gasteiger partial charge in [-0.3, -0.25) is 14.2 Å². The monoisotopic (exact) mass is 483 g/mol. The van der Waals surface area contributed by atoms with Gasteiger partial charge in [0.15, 0.2) is 16.7 Å². The molecule has 0 saturated carbocycles. The molecular formula is C25H29N3O5S. The number of para-hydroxylation sites is 1. The third-order valence-electron chi connectivity index (χ3n) is 6.02.